The predicted octanol–water partition coefficient (Wildman–Crippen LogP) is 4.74. The van der Waals surface area contributed by atoms with Crippen molar-refractivity contribution in [2.24, 2.45) is 0 Å². The second-order valence-corrected chi connectivity index (χ2v) is 7.40. The van der Waals surface area contributed by atoms with Gasteiger partial charge in [0, 0.05) is 24.1 Å². The molecule has 1 aliphatic rings. The molecule has 2 aromatic carbocycles. The van der Waals surface area contributed by atoms with Crippen LogP contribution in [0.5, 0.6) is 0 Å². The third kappa shape index (κ3) is 3.13. The second kappa shape index (κ2) is 6.98. The Labute approximate surface area is 167 Å². The molecule has 10 heteroatoms. The lowest BCUT2D eigenvalue weighted by Gasteiger charge is -2.28. The van der Waals surface area contributed by atoms with Crippen LogP contribution in [-0.4, -0.2) is 29.4 Å². The maximum absolute atomic E-state index is 14.1. The molecule has 4 nitrogen and oxygen atoms in total. The molecule has 1 unspecified atom stereocenters. The van der Waals surface area contributed by atoms with Gasteiger partial charge in [-0.05, 0) is 37.6 Å². The minimum atomic E-state index is -2.30. The van der Waals surface area contributed by atoms with Crippen molar-refractivity contribution < 1.29 is 31.5 Å². The molecule has 0 aromatic heterocycles. The predicted molar refractivity (Wildman–Crippen MR) is 95.2 cm³/mol. The largest absolute Gasteiger partial charge is 0.332 e. The summed E-state index contributed by atoms with van der Waals surface area (Å²) in [6, 6.07) is 3.61. The number of carbonyl (C=O) groups is 2. The summed E-state index contributed by atoms with van der Waals surface area (Å²) in [7, 11) is 1.20. The van der Waals surface area contributed by atoms with Crippen LogP contribution in [0.25, 0.3) is 0 Å². The smallest absolute Gasteiger partial charge is 0.312 e. The number of benzene rings is 2. The molecular weight excluding hydrogens is 419 g/mol. The summed E-state index contributed by atoms with van der Waals surface area (Å²) in [5.41, 5.74) is -2.31. The molecule has 3 amide bonds. The topological polar surface area (TPSA) is 40.6 Å². The number of hydrogen-bond donors (Lipinski definition) is 0. The van der Waals surface area contributed by atoms with E-state index in [-0.39, 0.29) is 10.7 Å². The Kier molecular flexibility index (Phi) is 5.06. The summed E-state index contributed by atoms with van der Waals surface area (Å²) in [4.78, 5) is 27.4. The van der Waals surface area contributed by atoms with Gasteiger partial charge in [-0.2, -0.15) is 0 Å². The summed E-state index contributed by atoms with van der Waals surface area (Å²) in [5.74, 6) is -11.5. The molecule has 0 saturated carbocycles. The summed E-state index contributed by atoms with van der Waals surface area (Å²) in [6.45, 7) is 2.86. The van der Waals surface area contributed by atoms with Gasteiger partial charge in [-0.15, -0.1) is 0 Å². The van der Waals surface area contributed by atoms with Crippen molar-refractivity contribution in [1.82, 2.24) is 4.90 Å². The Hall–Kier alpha value is -2.68. The van der Waals surface area contributed by atoms with Crippen LogP contribution in [0.1, 0.15) is 18.1 Å². The summed E-state index contributed by atoms with van der Waals surface area (Å²) < 4.78 is 68.7. The van der Waals surface area contributed by atoms with E-state index in [0.717, 1.165) is 9.80 Å². The van der Waals surface area contributed by atoms with Crippen molar-refractivity contribution in [2.75, 3.05) is 11.9 Å². The number of amides is 3. The van der Waals surface area contributed by atoms with Gasteiger partial charge in [-0.1, -0.05) is 11.6 Å². The van der Waals surface area contributed by atoms with Crippen LogP contribution in [0.15, 0.2) is 18.2 Å². The monoisotopic (exact) mass is 432 g/mol. The Bertz CT molecular complexity index is 1010. The number of aryl methyl sites for hydroxylation is 1. The number of urea groups is 1. The second-order valence-electron chi connectivity index (χ2n) is 6.97. The SMILES string of the molecule is Cc1cc(Cl)cc(N2C(=O)N(C)C(C)(Cc3c(F)c(F)c(F)c(F)c3F)C2=O)c1. The Balaban J connectivity index is 2.09. The van der Waals surface area contributed by atoms with Crippen molar-refractivity contribution in [2.45, 2.75) is 25.8 Å². The number of rotatable bonds is 3. The van der Waals surface area contributed by atoms with E-state index in [2.05, 4.69) is 0 Å². The fraction of sp³-hybridized carbons (Fsp3) is 0.263. The fourth-order valence-electron chi connectivity index (χ4n) is 3.25. The van der Waals surface area contributed by atoms with Crippen molar-refractivity contribution in [1.29, 1.82) is 0 Å². The van der Waals surface area contributed by atoms with Gasteiger partial charge in [-0.25, -0.2) is 31.6 Å². The third-order valence-corrected chi connectivity index (χ3v) is 5.21. The Morgan fingerprint density at radius 2 is 1.45 bits per heavy atom. The molecule has 2 aromatic rings. The lowest BCUT2D eigenvalue weighted by atomic mass is 9.90. The first kappa shape index (κ1) is 21.0. The molecule has 0 spiro atoms. The molecule has 1 fully saturated rings. The first-order valence-electron chi connectivity index (χ1n) is 8.30. The van der Waals surface area contributed by atoms with E-state index in [1.54, 1.807) is 13.0 Å². The van der Waals surface area contributed by atoms with Crippen LogP contribution in [0, 0.1) is 36.0 Å². The lowest BCUT2D eigenvalue weighted by Crippen LogP contribution is -2.47. The number of nitrogens with zero attached hydrogens (tertiary/aromatic N) is 2. The molecule has 1 aliphatic heterocycles. The maximum atomic E-state index is 14.1. The number of halogens is 6. The molecular formula is C19H14ClF5N2O2. The van der Waals surface area contributed by atoms with Gasteiger partial charge in [-0.3, -0.25) is 4.79 Å². The van der Waals surface area contributed by atoms with E-state index in [9.17, 15) is 31.5 Å². The van der Waals surface area contributed by atoms with E-state index >= 15 is 0 Å². The number of likely N-dealkylation sites (N-methyl/N-ethyl adjacent to an activating group) is 1. The van der Waals surface area contributed by atoms with E-state index in [0.29, 0.717) is 5.56 Å². The minimum Gasteiger partial charge on any atom is -0.312 e. The fourth-order valence-corrected chi connectivity index (χ4v) is 3.53. The molecule has 1 atom stereocenters. The van der Waals surface area contributed by atoms with Crippen LogP contribution in [0.4, 0.5) is 32.4 Å². The average Bonchev–Trinajstić information content (AvgIpc) is 2.82. The van der Waals surface area contributed by atoms with E-state index in [4.69, 9.17) is 11.6 Å². The van der Waals surface area contributed by atoms with Crippen molar-refractivity contribution >= 4 is 29.2 Å². The standard InChI is InChI=1S/C19H14ClF5N2O2/c1-8-4-9(20)6-10(5-8)27-17(28)19(2,26(3)18(27)29)7-11-12(21)14(23)16(25)15(24)13(11)22/h4-6H,7H2,1-3H3. The first-order chi connectivity index (χ1) is 13.4. The van der Waals surface area contributed by atoms with E-state index in [1.165, 1.54) is 26.1 Å². The zero-order chi connectivity index (χ0) is 21.8. The molecule has 1 heterocycles. The average molecular weight is 433 g/mol. The lowest BCUT2D eigenvalue weighted by molar-refractivity contribution is -0.123. The molecule has 29 heavy (non-hydrogen) atoms. The number of hydrogen-bond acceptors (Lipinski definition) is 2. The molecule has 154 valence electrons. The Morgan fingerprint density at radius 3 is 1.97 bits per heavy atom. The van der Waals surface area contributed by atoms with Gasteiger partial charge in [0.1, 0.15) is 5.54 Å². The first-order valence-corrected chi connectivity index (χ1v) is 8.67. The summed E-state index contributed by atoms with van der Waals surface area (Å²) >= 11 is 5.97. The molecule has 0 N–H and O–H groups in total. The van der Waals surface area contributed by atoms with Crippen LogP contribution in [0.3, 0.4) is 0 Å². The van der Waals surface area contributed by atoms with Gasteiger partial charge in [0.25, 0.3) is 5.91 Å². The highest BCUT2D eigenvalue weighted by molar-refractivity contribution is 6.31. The quantitative estimate of drug-likeness (QED) is 0.304. The van der Waals surface area contributed by atoms with Crippen molar-refractivity contribution in [3.63, 3.8) is 0 Å². The molecule has 0 radical (unpaired) electrons. The highest BCUT2D eigenvalue weighted by Gasteiger charge is 2.54. The highest BCUT2D eigenvalue weighted by Crippen LogP contribution is 2.36. The third-order valence-electron chi connectivity index (χ3n) is 4.99. The Morgan fingerprint density at radius 1 is 0.931 bits per heavy atom. The number of anilines is 1. The maximum Gasteiger partial charge on any atom is 0.332 e. The van der Waals surface area contributed by atoms with Crippen LogP contribution >= 0.6 is 11.6 Å². The van der Waals surface area contributed by atoms with Crippen molar-refractivity contribution in [3.8, 4) is 0 Å². The molecule has 3 rings (SSSR count). The number of carbonyl (C=O) groups excluding carboxylic acids is 2. The van der Waals surface area contributed by atoms with Crippen LogP contribution in [-0.2, 0) is 11.2 Å². The zero-order valence-corrected chi connectivity index (χ0v) is 16.2. The molecule has 1 saturated heterocycles. The van der Waals surface area contributed by atoms with Crippen LogP contribution in [0.2, 0.25) is 5.02 Å². The molecule has 0 aliphatic carbocycles. The van der Waals surface area contributed by atoms with E-state index < -0.39 is 58.5 Å². The van der Waals surface area contributed by atoms with E-state index in [1.807, 2.05) is 0 Å². The van der Waals surface area contributed by atoms with Crippen molar-refractivity contribution in [3.05, 3.63) is 63.4 Å². The normalized spacial score (nSPS) is 19.5. The van der Waals surface area contributed by atoms with Gasteiger partial charge in [0.2, 0.25) is 5.82 Å². The zero-order valence-electron chi connectivity index (χ0n) is 15.4. The minimum absolute atomic E-state index is 0.123. The van der Waals surface area contributed by atoms with Crippen LogP contribution < -0.4 is 4.90 Å². The highest BCUT2D eigenvalue weighted by atomic mass is 35.5. The number of imide groups is 1. The molecule has 0 bridgehead atoms. The van der Waals surface area contributed by atoms with Gasteiger partial charge >= 0.3 is 6.03 Å². The van der Waals surface area contributed by atoms with Gasteiger partial charge in [0.15, 0.2) is 23.3 Å². The van der Waals surface area contributed by atoms with Gasteiger partial charge < -0.3 is 4.90 Å². The summed E-state index contributed by atoms with van der Waals surface area (Å²) in [6.07, 6.45) is -0.921. The summed E-state index contributed by atoms with van der Waals surface area (Å²) in [5, 5.41) is 0.247. The van der Waals surface area contributed by atoms with Gasteiger partial charge in [0.05, 0.1) is 5.69 Å².